The molecule has 0 saturated heterocycles. The fourth-order valence-corrected chi connectivity index (χ4v) is 1.63. The maximum absolute atomic E-state index is 8.61. The third-order valence-electron chi connectivity index (χ3n) is 2.35. The molecule has 0 saturated carbocycles. The summed E-state index contributed by atoms with van der Waals surface area (Å²) in [6, 6.07) is 6.41. The lowest BCUT2D eigenvalue weighted by atomic mass is 10.2. The van der Waals surface area contributed by atoms with E-state index in [0.29, 0.717) is 24.9 Å². The van der Waals surface area contributed by atoms with E-state index >= 15 is 0 Å². The van der Waals surface area contributed by atoms with Crippen LogP contribution in [0.3, 0.4) is 0 Å². The van der Waals surface area contributed by atoms with Gasteiger partial charge in [-0.2, -0.15) is 5.26 Å². The second-order valence-corrected chi connectivity index (χ2v) is 4.12. The number of halogens is 1. The fraction of sp³-hybridized carbons (Fsp3) is 0.500. The first kappa shape index (κ1) is 12.8. The molecule has 0 amide bonds. The van der Waals surface area contributed by atoms with Crippen LogP contribution in [0.1, 0.15) is 25.8 Å². The van der Waals surface area contributed by atoms with E-state index in [0.717, 1.165) is 11.4 Å². The van der Waals surface area contributed by atoms with E-state index in [2.05, 4.69) is 29.8 Å². The minimum Gasteiger partial charge on any atom is -0.353 e. The Kier molecular flexibility index (Phi) is 5.07. The molecule has 0 aromatic carbocycles. The highest BCUT2D eigenvalue weighted by Crippen LogP contribution is 2.15. The molecule has 3 nitrogen and oxygen atoms in total. The van der Waals surface area contributed by atoms with Gasteiger partial charge in [0.15, 0.2) is 0 Å². The number of nitriles is 1. The summed E-state index contributed by atoms with van der Waals surface area (Å²) in [6.07, 6.45) is 2.29. The smallest absolute Gasteiger partial charge is 0.128 e. The van der Waals surface area contributed by atoms with Gasteiger partial charge in [0.05, 0.1) is 12.5 Å². The molecule has 0 bridgehead atoms. The highest BCUT2D eigenvalue weighted by Gasteiger charge is 2.10. The molecule has 86 valence electrons. The van der Waals surface area contributed by atoms with Crippen molar-refractivity contribution >= 4 is 17.4 Å². The van der Waals surface area contributed by atoms with Gasteiger partial charge in [0, 0.05) is 24.7 Å². The summed E-state index contributed by atoms with van der Waals surface area (Å²) in [5.41, 5.74) is 1.01. The Balaban J connectivity index is 2.80. The minimum atomic E-state index is 0.336. The van der Waals surface area contributed by atoms with Crippen molar-refractivity contribution in [2.45, 2.75) is 32.2 Å². The molecule has 16 heavy (non-hydrogen) atoms. The van der Waals surface area contributed by atoms with Crippen molar-refractivity contribution in [3.05, 3.63) is 23.9 Å². The van der Waals surface area contributed by atoms with Crippen LogP contribution in [0.15, 0.2) is 18.3 Å². The second kappa shape index (κ2) is 6.34. The highest BCUT2D eigenvalue weighted by molar-refractivity contribution is 6.17. The molecule has 0 aliphatic rings. The summed E-state index contributed by atoms with van der Waals surface area (Å²) in [4.78, 5) is 6.47. The summed E-state index contributed by atoms with van der Waals surface area (Å²) >= 11 is 5.71. The van der Waals surface area contributed by atoms with Crippen molar-refractivity contribution in [3.63, 3.8) is 0 Å². The number of hydrogen-bond acceptors (Lipinski definition) is 3. The molecule has 0 aliphatic heterocycles. The van der Waals surface area contributed by atoms with Crippen LogP contribution in [0.5, 0.6) is 0 Å². The molecule has 0 spiro atoms. The maximum atomic E-state index is 8.61. The van der Waals surface area contributed by atoms with Crippen LogP contribution in [-0.4, -0.2) is 17.6 Å². The Morgan fingerprint density at radius 3 is 2.69 bits per heavy atom. The fourth-order valence-electron chi connectivity index (χ4n) is 1.47. The summed E-state index contributed by atoms with van der Waals surface area (Å²) < 4.78 is 0. The number of pyridine rings is 1. The molecule has 1 heterocycles. The molecule has 0 radical (unpaired) electrons. The quantitative estimate of drug-likeness (QED) is 0.740. The molecule has 1 aromatic rings. The molecular formula is C12H16ClN3. The van der Waals surface area contributed by atoms with Gasteiger partial charge in [-0.05, 0) is 25.5 Å². The molecule has 4 heteroatoms. The van der Waals surface area contributed by atoms with Crippen molar-refractivity contribution < 1.29 is 0 Å². The van der Waals surface area contributed by atoms with Gasteiger partial charge in [-0.25, -0.2) is 4.98 Å². The second-order valence-electron chi connectivity index (χ2n) is 3.85. The lowest BCUT2D eigenvalue weighted by molar-refractivity contribution is 0.677. The Bertz CT molecular complexity index is 354. The van der Waals surface area contributed by atoms with Crippen molar-refractivity contribution in [1.82, 2.24) is 4.98 Å². The Hall–Kier alpha value is -1.27. The monoisotopic (exact) mass is 237 g/mol. The van der Waals surface area contributed by atoms with Crippen molar-refractivity contribution in [1.29, 1.82) is 5.26 Å². The maximum Gasteiger partial charge on any atom is 0.128 e. The van der Waals surface area contributed by atoms with Crippen molar-refractivity contribution in [3.8, 4) is 6.07 Å². The summed E-state index contributed by atoms with van der Waals surface area (Å²) in [5, 5.41) is 8.61. The highest BCUT2D eigenvalue weighted by atomic mass is 35.5. The zero-order valence-electron chi connectivity index (χ0n) is 9.65. The van der Waals surface area contributed by atoms with E-state index in [4.69, 9.17) is 16.9 Å². The van der Waals surface area contributed by atoms with Crippen LogP contribution in [-0.2, 0) is 5.88 Å². The first-order chi connectivity index (χ1) is 7.69. The van der Waals surface area contributed by atoms with Gasteiger partial charge in [0.25, 0.3) is 0 Å². The number of alkyl halides is 1. The molecule has 1 aromatic heterocycles. The molecule has 0 fully saturated rings. The molecule has 0 aliphatic carbocycles. The molecule has 0 atom stereocenters. The predicted molar refractivity (Wildman–Crippen MR) is 66.5 cm³/mol. The summed E-state index contributed by atoms with van der Waals surface area (Å²) in [7, 11) is 0. The molecule has 0 N–H and O–H groups in total. The first-order valence-electron chi connectivity index (χ1n) is 5.33. The largest absolute Gasteiger partial charge is 0.353 e. The lowest BCUT2D eigenvalue weighted by Crippen LogP contribution is -2.32. The van der Waals surface area contributed by atoms with Gasteiger partial charge in [-0.15, -0.1) is 11.6 Å². The van der Waals surface area contributed by atoms with Crippen molar-refractivity contribution in [2.75, 3.05) is 11.4 Å². The number of aromatic nitrogens is 1. The zero-order valence-corrected chi connectivity index (χ0v) is 10.4. The summed E-state index contributed by atoms with van der Waals surface area (Å²) in [5.74, 6) is 1.38. The van der Waals surface area contributed by atoms with Gasteiger partial charge < -0.3 is 4.90 Å². The normalized spacial score (nSPS) is 10.2. The Labute approximate surface area is 102 Å². The minimum absolute atomic E-state index is 0.336. The Morgan fingerprint density at radius 2 is 2.25 bits per heavy atom. The molecule has 1 rings (SSSR count). The van der Waals surface area contributed by atoms with Gasteiger partial charge in [0.2, 0.25) is 0 Å². The molecule has 0 unspecified atom stereocenters. The van der Waals surface area contributed by atoms with E-state index in [1.165, 1.54) is 0 Å². The van der Waals surface area contributed by atoms with Crippen LogP contribution >= 0.6 is 11.6 Å². The van der Waals surface area contributed by atoms with Crippen LogP contribution in [0.2, 0.25) is 0 Å². The number of rotatable bonds is 5. The zero-order chi connectivity index (χ0) is 12.0. The topological polar surface area (TPSA) is 39.9 Å². The number of nitrogens with zero attached hydrogens (tertiary/aromatic N) is 3. The van der Waals surface area contributed by atoms with Crippen LogP contribution in [0.4, 0.5) is 5.82 Å². The van der Waals surface area contributed by atoms with Gasteiger partial charge in [-0.1, -0.05) is 6.07 Å². The Morgan fingerprint density at radius 1 is 1.50 bits per heavy atom. The number of hydrogen-bond donors (Lipinski definition) is 0. The average Bonchev–Trinajstić information content (AvgIpc) is 2.30. The third kappa shape index (κ3) is 3.39. The first-order valence-corrected chi connectivity index (χ1v) is 5.87. The standard InChI is InChI=1S/C12H16ClN3/c1-10(2)16(7-3-6-14)12-5-4-11(8-13)9-15-12/h4-5,9-10H,3,7-8H2,1-2H3. The molecular weight excluding hydrogens is 222 g/mol. The van der Waals surface area contributed by atoms with Crippen LogP contribution in [0, 0.1) is 11.3 Å². The van der Waals surface area contributed by atoms with Gasteiger partial charge >= 0.3 is 0 Å². The summed E-state index contributed by atoms with van der Waals surface area (Å²) in [6.45, 7) is 4.89. The van der Waals surface area contributed by atoms with Crippen molar-refractivity contribution in [2.24, 2.45) is 0 Å². The lowest BCUT2D eigenvalue weighted by Gasteiger charge is -2.26. The SMILES string of the molecule is CC(C)N(CCC#N)c1ccc(CCl)cn1. The van der Waals surface area contributed by atoms with E-state index in [1.807, 2.05) is 12.1 Å². The van der Waals surface area contributed by atoms with Gasteiger partial charge in [0.1, 0.15) is 5.82 Å². The van der Waals surface area contributed by atoms with E-state index in [-0.39, 0.29) is 0 Å². The number of anilines is 1. The van der Waals surface area contributed by atoms with E-state index < -0.39 is 0 Å². The van der Waals surface area contributed by atoms with Crippen LogP contribution in [0.25, 0.3) is 0 Å². The van der Waals surface area contributed by atoms with Gasteiger partial charge in [-0.3, -0.25) is 0 Å². The van der Waals surface area contributed by atoms with E-state index in [1.54, 1.807) is 6.20 Å². The third-order valence-corrected chi connectivity index (χ3v) is 2.65. The van der Waals surface area contributed by atoms with Crippen LogP contribution < -0.4 is 4.90 Å². The van der Waals surface area contributed by atoms with E-state index in [9.17, 15) is 0 Å². The average molecular weight is 238 g/mol. The predicted octanol–water partition coefficient (Wildman–Crippen LogP) is 2.95.